The molecule has 0 spiro atoms. The second-order valence-electron chi connectivity index (χ2n) is 6.74. The molecule has 0 radical (unpaired) electrons. The fourth-order valence-corrected chi connectivity index (χ4v) is 3.11. The quantitative estimate of drug-likeness (QED) is 0.742. The number of ether oxygens (including phenoxy) is 1. The van der Waals surface area contributed by atoms with Crippen LogP contribution in [0.5, 0.6) is 0 Å². The fourth-order valence-electron chi connectivity index (χ4n) is 3.11. The Hall–Kier alpha value is -0.0800. The van der Waals surface area contributed by atoms with E-state index in [1.165, 1.54) is 32.1 Å². The first-order valence-corrected chi connectivity index (χ1v) is 7.74. The molecule has 0 heterocycles. The maximum atomic E-state index is 5.14. The minimum absolute atomic E-state index is 0.534. The molecule has 0 bridgehead atoms. The van der Waals surface area contributed by atoms with Crippen molar-refractivity contribution in [2.24, 2.45) is 11.3 Å². The molecule has 0 amide bonds. The number of hydrogen-bond acceptors (Lipinski definition) is 2. The highest BCUT2D eigenvalue weighted by Crippen LogP contribution is 2.40. The van der Waals surface area contributed by atoms with Crippen molar-refractivity contribution < 1.29 is 4.74 Å². The van der Waals surface area contributed by atoms with Gasteiger partial charge in [0.15, 0.2) is 0 Å². The normalized spacial score (nSPS) is 27.2. The van der Waals surface area contributed by atoms with Crippen LogP contribution >= 0.6 is 0 Å². The standard InChI is InChI=1S/C16H33NO/c1-6-16(3,4)14-7-9-15(10-8-14)17-13(2)11-12-18-5/h13-15,17H,6-12H2,1-5H3. The molecule has 1 atom stereocenters. The van der Waals surface area contributed by atoms with Gasteiger partial charge in [0.25, 0.3) is 0 Å². The van der Waals surface area contributed by atoms with Gasteiger partial charge in [-0.1, -0.05) is 27.2 Å². The maximum Gasteiger partial charge on any atom is 0.0476 e. The van der Waals surface area contributed by atoms with Crippen LogP contribution < -0.4 is 5.32 Å². The van der Waals surface area contributed by atoms with Crippen LogP contribution in [-0.4, -0.2) is 25.8 Å². The Labute approximate surface area is 114 Å². The van der Waals surface area contributed by atoms with Crippen molar-refractivity contribution in [1.82, 2.24) is 5.32 Å². The van der Waals surface area contributed by atoms with E-state index in [9.17, 15) is 0 Å². The molecular formula is C16H33NO. The van der Waals surface area contributed by atoms with Crippen LogP contribution in [0.1, 0.15) is 66.2 Å². The Morgan fingerprint density at radius 2 is 1.83 bits per heavy atom. The van der Waals surface area contributed by atoms with Gasteiger partial charge in [0, 0.05) is 25.8 Å². The lowest BCUT2D eigenvalue weighted by atomic mass is 9.69. The SMILES string of the molecule is CCC(C)(C)C1CCC(NC(C)CCOC)CC1. The summed E-state index contributed by atoms with van der Waals surface area (Å²) in [5.74, 6) is 0.926. The summed E-state index contributed by atoms with van der Waals surface area (Å²) in [5.41, 5.74) is 0.534. The predicted molar refractivity (Wildman–Crippen MR) is 78.9 cm³/mol. The summed E-state index contributed by atoms with van der Waals surface area (Å²) in [4.78, 5) is 0. The molecule has 0 aromatic rings. The molecule has 0 aliphatic heterocycles. The third-order valence-electron chi connectivity index (χ3n) is 5.02. The zero-order valence-corrected chi connectivity index (χ0v) is 13.1. The van der Waals surface area contributed by atoms with Gasteiger partial charge < -0.3 is 10.1 Å². The van der Waals surface area contributed by atoms with Gasteiger partial charge in [-0.2, -0.15) is 0 Å². The van der Waals surface area contributed by atoms with Crippen molar-refractivity contribution in [3.63, 3.8) is 0 Å². The smallest absolute Gasteiger partial charge is 0.0476 e. The average Bonchev–Trinajstić information content (AvgIpc) is 2.37. The molecule has 1 aliphatic rings. The summed E-state index contributed by atoms with van der Waals surface area (Å²) >= 11 is 0. The molecule has 1 aliphatic carbocycles. The predicted octanol–water partition coefficient (Wildman–Crippen LogP) is 4.00. The van der Waals surface area contributed by atoms with Crippen molar-refractivity contribution in [3.8, 4) is 0 Å². The second-order valence-corrected chi connectivity index (χ2v) is 6.74. The largest absolute Gasteiger partial charge is 0.385 e. The van der Waals surface area contributed by atoms with Crippen molar-refractivity contribution in [2.45, 2.75) is 78.3 Å². The molecule has 0 aromatic heterocycles. The number of hydrogen-bond donors (Lipinski definition) is 1. The fraction of sp³-hybridized carbons (Fsp3) is 1.00. The maximum absolute atomic E-state index is 5.14. The van der Waals surface area contributed by atoms with E-state index < -0.39 is 0 Å². The topological polar surface area (TPSA) is 21.3 Å². The molecule has 0 aromatic carbocycles. The molecule has 1 N–H and O–H groups in total. The Bertz CT molecular complexity index is 219. The van der Waals surface area contributed by atoms with E-state index in [4.69, 9.17) is 4.74 Å². The molecule has 0 saturated heterocycles. The summed E-state index contributed by atoms with van der Waals surface area (Å²) in [6, 6.07) is 1.33. The molecule has 1 rings (SSSR count). The van der Waals surface area contributed by atoms with Gasteiger partial charge in [0.05, 0.1) is 0 Å². The molecule has 1 saturated carbocycles. The van der Waals surface area contributed by atoms with Gasteiger partial charge in [-0.3, -0.25) is 0 Å². The highest BCUT2D eigenvalue weighted by molar-refractivity contribution is 4.85. The second kappa shape index (κ2) is 7.49. The van der Waals surface area contributed by atoms with Gasteiger partial charge in [0.2, 0.25) is 0 Å². The van der Waals surface area contributed by atoms with Crippen LogP contribution in [-0.2, 0) is 4.74 Å². The zero-order valence-electron chi connectivity index (χ0n) is 13.1. The molecule has 18 heavy (non-hydrogen) atoms. The van der Waals surface area contributed by atoms with Gasteiger partial charge >= 0.3 is 0 Å². The molecule has 2 heteroatoms. The first-order chi connectivity index (χ1) is 8.49. The minimum atomic E-state index is 0.534. The number of methoxy groups -OCH3 is 1. The van der Waals surface area contributed by atoms with Crippen molar-refractivity contribution in [3.05, 3.63) is 0 Å². The van der Waals surface area contributed by atoms with Crippen LogP contribution in [0.3, 0.4) is 0 Å². The third-order valence-corrected chi connectivity index (χ3v) is 5.02. The Balaban J connectivity index is 2.27. The van der Waals surface area contributed by atoms with E-state index in [1.54, 1.807) is 7.11 Å². The van der Waals surface area contributed by atoms with Crippen molar-refractivity contribution >= 4 is 0 Å². The van der Waals surface area contributed by atoms with Gasteiger partial charge in [0.1, 0.15) is 0 Å². The van der Waals surface area contributed by atoms with Crippen LogP contribution in [0.25, 0.3) is 0 Å². The van der Waals surface area contributed by atoms with E-state index in [-0.39, 0.29) is 0 Å². The third kappa shape index (κ3) is 4.89. The molecule has 108 valence electrons. The summed E-state index contributed by atoms with van der Waals surface area (Å²) in [5, 5.41) is 3.76. The Morgan fingerprint density at radius 3 is 2.33 bits per heavy atom. The highest BCUT2D eigenvalue weighted by Gasteiger charge is 2.31. The monoisotopic (exact) mass is 255 g/mol. The molecule has 1 fully saturated rings. The molecule has 1 unspecified atom stereocenters. The van der Waals surface area contributed by atoms with Crippen LogP contribution in [0.4, 0.5) is 0 Å². The highest BCUT2D eigenvalue weighted by atomic mass is 16.5. The summed E-state index contributed by atoms with van der Waals surface area (Å²) in [7, 11) is 1.78. The van der Waals surface area contributed by atoms with E-state index >= 15 is 0 Å². The van der Waals surface area contributed by atoms with Crippen LogP contribution in [0.2, 0.25) is 0 Å². The first-order valence-electron chi connectivity index (χ1n) is 7.74. The summed E-state index contributed by atoms with van der Waals surface area (Å²) in [6.07, 6.45) is 7.93. The van der Waals surface area contributed by atoms with Crippen molar-refractivity contribution in [1.29, 1.82) is 0 Å². The van der Waals surface area contributed by atoms with Gasteiger partial charge in [-0.05, 0) is 50.4 Å². The first kappa shape index (κ1) is 16.0. The Morgan fingerprint density at radius 1 is 1.22 bits per heavy atom. The lowest BCUT2D eigenvalue weighted by Crippen LogP contribution is -2.41. The average molecular weight is 255 g/mol. The van der Waals surface area contributed by atoms with Gasteiger partial charge in [-0.15, -0.1) is 0 Å². The minimum Gasteiger partial charge on any atom is -0.385 e. The summed E-state index contributed by atoms with van der Waals surface area (Å²) < 4.78 is 5.14. The van der Waals surface area contributed by atoms with Crippen molar-refractivity contribution in [2.75, 3.05) is 13.7 Å². The molecule has 2 nitrogen and oxygen atoms in total. The van der Waals surface area contributed by atoms with Crippen LogP contribution in [0.15, 0.2) is 0 Å². The van der Waals surface area contributed by atoms with E-state index in [2.05, 4.69) is 33.0 Å². The van der Waals surface area contributed by atoms with E-state index in [1.807, 2.05) is 0 Å². The molecular weight excluding hydrogens is 222 g/mol. The lowest BCUT2D eigenvalue weighted by Gasteiger charge is -2.39. The van der Waals surface area contributed by atoms with E-state index in [0.29, 0.717) is 11.5 Å². The number of nitrogens with one attached hydrogen (secondary N) is 1. The van der Waals surface area contributed by atoms with E-state index in [0.717, 1.165) is 25.0 Å². The zero-order chi connectivity index (χ0) is 13.6. The number of rotatable bonds is 7. The van der Waals surface area contributed by atoms with Crippen LogP contribution in [0, 0.1) is 11.3 Å². The summed E-state index contributed by atoms with van der Waals surface area (Å²) in [6.45, 7) is 10.4. The lowest BCUT2D eigenvalue weighted by molar-refractivity contribution is 0.130. The van der Waals surface area contributed by atoms with Gasteiger partial charge in [-0.25, -0.2) is 0 Å². The Kier molecular flexibility index (Phi) is 6.65.